The van der Waals surface area contributed by atoms with Gasteiger partial charge in [0.2, 0.25) is 0 Å². The van der Waals surface area contributed by atoms with Crippen LogP contribution in [-0.2, 0) is 0 Å². The van der Waals surface area contributed by atoms with Gasteiger partial charge >= 0.3 is 0 Å². The lowest BCUT2D eigenvalue weighted by molar-refractivity contribution is 0.129. The molecule has 0 aromatic rings. The molecule has 0 bridgehead atoms. The van der Waals surface area contributed by atoms with Crippen LogP contribution in [0.2, 0.25) is 0 Å². The van der Waals surface area contributed by atoms with Gasteiger partial charge in [-0.25, -0.2) is 0 Å². The molecule has 3 rings (SSSR count). The van der Waals surface area contributed by atoms with Gasteiger partial charge in [-0.1, -0.05) is 6.42 Å². The van der Waals surface area contributed by atoms with E-state index in [1.54, 1.807) is 0 Å². The van der Waals surface area contributed by atoms with E-state index in [-0.39, 0.29) is 0 Å². The summed E-state index contributed by atoms with van der Waals surface area (Å²) in [4.78, 5) is 12.2. The SMILES string of the molecule is CC1CCCN1C1CCN(C(=NCCCN2CCCCC2)C(C#N)C#N)CC1. The summed E-state index contributed by atoms with van der Waals surface area (Å²) in [5.41, 5.74) is 0. The number of nitriles is 2. The van der Waals surface area contributed by atoms with Crippen molar-refractivity contribution >= 4 is 5.84 Å². The molecule has 6 heteroatoms. The molecule has 3 saturated heterocycles. The van der Waals surface area contributed by atoms with E-state index in [2.05, 4.69) is 33.8 Å². The maximum absolute atomic E-state index is 9.45. The number of aliphatic imine (C=N–C) groups is 1. The fraction of sp³-hybridized carbons (Fsp3) is 0.864. The van der Waals surface area contributed by atoms with Gasteiger partial charge in [-0.3, -0.25) is 9.89 Å². The van der Waals surface area contributed by atoms with Gasteiger partial charge in [-0.05, 0) is 78.0 Å². The predicted octanol–water partition coefficient (Wildman–Crippen LogP) is 2.87. The van der Waals surface area contributed by atoms with Gasteiger partial charge in [0.15, 0.2) is 5.92 Å². The summed E-state index contributed by atoms with van der Waals surface area (Å²) in [5.74, 6) is -0.0196. The molecule has 3 aliphatic heterocycles. The molecular weight excluding hydrogens is 348 g/mol. The fourth-order valence-electron chi connectivity index (χ4n) is 5.11. The summed E-state index contributed by atoms with van der Waals surface area (Å²) in [6, 6.07) is 5.67. The van der Waals surface area contributed by atoms with Crippen molar-refractivity contribution in [1.82, 2.24) is 14.7 Å². The lowest BCUT2D eigenvalue weighted by atomic mass is 10.0. The first-order valence-electron chi connectivity index (χ1n) is 11.3. The number of hydrogen-bond donors (Lipinski definition) is 0. The predicted molar refractivity (Wildman–Crippen MR) is 112 cm³/mol. The molecule has 28 heavy (non-hydrogen) atoms. The van der Waals surface area contributed by atoms with E-state index >= 15 is 0 Å². The monoisotopic (exact) mass is 384 g/mol. The molecule has 0 radical (unpaired) electrons. The van der Waals surface area contributed by atoms with E-state index < -0.39 is 5.92 Å². The van der Waals surface area contributed by atoms with Crippen LogP contribution in [0.15, 0.2) is 4.99 Å². The summed E-state index contributed by atoms with van der Waals surface area (Å²) in [7, 11) is 0. The Morgan fingerprint density at radius 2 is 1.68 bits per heavy atom. The lowest BCUT2D eigenvalue weighted by Crippen LogP contribution is -2.49. The summed E-state index contributed by atoms with van der Waals surface area (Å²) >= 11 is 0. The first kappa shape index (κ1) is 21.1. The third-order valence-corrected chi connectivity index (χ3v) is 6.73. The normalized spacial score (nSPS) is 25.8. The van der Waals surface area contributed by atoms with Gasteiger partial charge in [0, 0.05) is 31.7 Å². The maximum Gasteiger partial charge on any atom is 0.189 e. The minimum atomic E-state index is -0.739. The summed E-state index contributed by atoms with van der Waals surface area (Å²) in [6.07, 6.45) is 9.84. The van der Waals surface area contributed by atoms with Crippen LogP contribution in [0.5, 0.6) is 0 Å². The van der Waals surface area contributed by atoms with E-state index in [1.807, 2.05) is 0 Å². The van der Waals surface area contributed by atoms with Crippen LogP contribution in [0.1, 0.15) is 58.3 Å². The zero-order chi connectivity index (χ0) is 19.8. The molecule has 0 aromatic carbocycles. The van der Waals surface area contributed by atoms with Gasteiger partial charge in [-0.2, -0.15) is 10.5 Å². The van der Waals surface area contributed by atoms with Crippen LogP contribution in [0.4, 0.5) is 0 Å². The Morgan fingerprint density at radius 3 is 2.29 bits per heavy atom. The molecule has 1 unspecified atom stereocenters. The van der Waals surface area contributed by atoms with Crippen molar-refractivity contribution in [2.75, 3.05) is 45.8 Å². The van der Waals surface area contributed by atoms with Crippen molar-refractivity contribution in [2.45, 2.75) is 70.4 Å². The number of piperidine rings is 2. The molecule has 0 N–H and O–H groups in total. The maximum atomic E-state index is 9.45. The van der Waals surface area contributed by atoms with Crippen LogP contribution >= 0.6 is 0 Å². The van der Waals surface area contributed by atoms with Crippen molar-refractivity contribution in [3.8, 4) is 12.1 Å². The topological polar surface area (TPSA) is 69.7 Å². The number of amidine groups is 1. The first-order valence-corrected chi connectivity index (χ1v) is 11.3. The van der Waals surface area contributed by atoms with Crippen LogP contribution in [-0.4, -0.2) is 78.4 Å². The molecular formula is C22H36N6. The van der Waals surface area contributed by atoms with Crippen LogP contribution < -0.4 is 0 Å². The largest absolute Gasteiger partial charge is 0.358 e. The van der Waals surface area contributed by atoms with E-state index in [0.29, 0.717) is 12.1 Å². The summed E-state index contributed by atoms with van der Waals surface area (Å²) in [5, 5.41) is 18.9. The van der Waals surface area contributed by atoms with Gasteiger partial charge < -0.3 is 9.80 Å². The summed E-state index contributed by atoms with van der Waals surface area (Å²) < 4.78 is 0. The third-order valence-electron chi connectivity index (χ3n) is 6.73. The standard InChI is InChI=1S/C22H36N6/c1-19-7-5-14-28(19)21-8-15-27(16-9-21)22(20(17-23)18-24)25-10-6-13-26-11-3-2-4-12-26/h19-21H,2-16H2,1H3. The van der Waals surface area contributed by atoms with Gasteiger partial charge in [0.1, 0.15) is 5.84 Å². The van der Waals surface area contributed by atoms with Crippen molar-refractivity contribution in [3.05, 3.63) is 0 Å². The Labute approximate surface area is 170 Å². The zero-order valence-corrected chi connectivity index (χ0v) is 17.5. The third kappa shape index (κ3) is 5.46. The van der Waals surface area contributed by atoms with E-state index in [9.17, 15) is 10.5 Å². The van der Waals surface area contributed by atoms with E-state index in [4.69, 9.17) is 4.99 Å². The number of nitrogens with zero attached hydrogens (tertiary/aromatic N) is 6. The number of rotatable bonds is 6. The first-order chi connectivity index (χ1) is 13.7. The lowest BCUT2D eigenvalue weighted by Gasteiger charge is -2.40. The second kappa shape index (κ2) is 10.8. The minimum absolute atomic E-state index is 0.650. The zero-order valence-electron chi connectivity index (χ0n) is 17.5. The molecule has 6 nitrogen and oxygen atoms in total. The fourth-order valence-corrected chi connectivity index (χ4v) is 5.11. The van der Waals surface area contributed by atoms with Crippen molar-refractivity contribution in [3.63, 3.8) is 0 Å². The Morgan fingerprint density at radius 1 is 0.964 bits per heavy atom. The molecule has 0 aliphatic carbocycles. The Hall–Kier alpha value is -1.63. The molecule has 0 aromatic heterocycles. The Kier molecular flexibility index (Phi) is 8.13. The van der Waals surface area contributed by atoms with Crippen molar-refractivity contribution < 1.29 is 0 Å². The second-order valence-electron chi connectivity index (χ2n) is 8.63. The highest BCUT2D eigenvalue weighted by molar-refractivity contribution is 5.89. The molecule has 3 aliphatic rings. The average molecular weight is 385 g/mol. The van der Waals surface area contributed by atoms with Crippen LogP contribution in [0, 0.1) is 28.6 Å². The molecule has 0 amide bonds. The van der Waals surface area contributed by atoms with Crippen LogP contribution in [0.25, 0.3) is 0 Å². The molecule has 3 fully saturated rings. The summed E-state index contributed by atoms with van der Waals surface area (Å²) in [6.45, 7) is 9.61. The minimum Gasteiger partial charge on any atom is -0.358 e. The van der Waals surface area contributed by atoms with Gasteiger partial charge in [-0.15, -0.1) is 0 Å². The Balaban J connectivity index is 1.53. The van der Waals surface area contributed by atoms with E-state index in [0.717, 1.165) is 51.3 Å². The molecule has 154 valence electrons. The Bertz CT molecular complexity index is 575. The quantitative estimate of drug-likeness (QED) is 0.400. The second-order valence-corrected chi connectivity index (χ2v) is 8.63. The highest BCUT2D eigenvalue weighted by Gasteiger charge is 2.32. The highest BCUT2D eigenvalue weighted by Crippen LogP contribution is 2.26. The average Bonchev–Trinajstić information content (AvgIpc) is 3.17. The highest BCUT2D eigenvalue weighted by atomic mass is 15.3. The number of likely N-dealkylation sites (tertiary alicyclic amines) is 3. The van der Waals surface area contributed by atoms with Gasteiger partial charge in [0.25, 0.3) is 0 Å². The molecule has 3 heterocycles. The van der Waals surface area contributed by atoms with Gasteiger partial charge in [0.05, 0.1) is 12.1 Å². The van der Waals surface area contributed by atoms with Crippen molar-refractivity contribution in [1.29, 1.82) is 10.5 Å². The molecule has 0 spiro atoms. The smallest absolute Gasteiger partial charge is 0.189 e. The molecule has 0 saturated carbocycles. The number of hydrogen-bond acceptors (Lipinski definition) is 5. The van der Waals surface area contributed by atoms with Crippen molar-refractivity contribution in [2.24, 2.45) is 10.9 Å². The van der Waals surface area contributed by atoms with Crippen LogP contribution in [0.3, 0.4) is 0 Å². The molecule has 1 atom stereocenters. The van der Waals surface area contributed by atoms with E-state index in [1.165, 1.54) is 51.7 Å².